The molecule has 0 aromatic rings. The van der Waals surface area contributed by atoms with Crippen LogP contribution >= 0.6 is 8.13 Å². The van der Waals surface area contributed by atoms with Gasteiger partial charge in [0.2, 0.25) is 0 Å². The van der Waals surface area contributed by atoms with Crippen molar-refractivity contribution in [2.24, 2.45) is 0 Å². The van der Waals surface area contributed by atoms with E-state index in [1.54, 1.807) is 0 Å². The molecule has 118 valence electrons. The molecule has 0 heterocycles. The first-order chi connectivity index (χ1) is 8.33. The summed E-state index contributed by atoms with van der Waals surface area (Å²) >= 11 is 0. The molecule has 0 aromatic heterocycles. The molecule has 0 bridgehead atoms. The topological polar surface area (TPSA) is 55.8 Å². The van der Waals surface area contributed by atoms with Gasteiger partial charge in [0, 0.05) is 7.11 Å². The molecule has 0 aromatic carbocycles. The van der Waals surface area contributed by atoms with Crippen molar-refractivity contribution in [2.75, 3.05) is 13.8 Å². The number of hydrogen-bond acceptors (Lipinski definition) is 4. The molecule has 9 heteroatoms. The number of hydrogen-bond donors (Lipinski definition) is 1. The zero-order valence-electron chi connectivity index (χ0n) is 14.2. The van der Waals surface area contributed by atoms with E-state index in [4.69, 9.17) is 13.3 Å². The first-order valence-corrected chi connectivity index (χ1v) is 19.7. The fraction of sp³-hybridized carbons (Fsp3) is 1.00. The maximum absolute atomic E-state index is 9.39. The van der Waals surface area contributed by atoms with Crippen LogP contribution in [0.3, 0.4) is 0 Å². The van der Waals surface area contributed by atoms with Crippen LogP contribution < -0.4 is 0 Å². The Hall–Kier alpha value is 0.978. The standard InChI is InChI=1S/C8H24O2Si3.CH5OPSi.CH4O/c1-11(2,3)9-13(7,8)10-12(4,5)6;1-3-4-2;1-2/h1-8H3;3-4H,1H3;2H,1H3. The summed E-state index contributed by atoms with van der Waals surface area (Å²) < 4.78 is 21.6. The van der Waals surface area contributed by atoms with Crippen LogP contribution in [0.25, 0.3) is 0 Å². The molecule has 0 aliphatic rings. The summed E-state index contributed by atoms with van der Waals surface area (Å²) in [7, 11) is -3.49. The van der Waals surface area contributed by atoms with Gasteiger partial charge in [-0.1, -0.05) is 8.13 Å². The summed E-state index contributed by atoms with van der Waals surface area (Å²) in [4.78, 5) is 0. The van der Waals surface area contributed by atoms with Crippen molar-refractivity contribution in [1.29, 1.82) is 0 Å². The number of aliphatic hydroxyl groups is 1. The minimum Gasteiger partial charge on any atom is -0.437 e. The molecule has 0 fully saturated rings. The normalized spacial score (nSPS) is 12.4. The zero-order valence-corrected chi connectivity index (χ0v) is 19.4. The summed E-state index contributed by atoms with van der Waals surface area (Å²) in [6.45, 7) is 19.6. The predicted octanol–water partition coefficient (Wildman–Crippen LogP) is 2.99. The summed E-state index contributed by atoms with van der Waals surface area (Å²) in [5, 5.41) is 7.00. The Labute approximate surface area is 126 Å². The number of rotatable bonds is 5. The molecular weight excluding hydrogens is 327 g/mol. The molecule has 1 atom stereocenters. The van der Waals surface area contributed by atoms with E-state index < -0.39 is 34.3 Å². The first-order valence-electron chi connectivity index (χ1n) is 6.29. The van der Waals surface area contributed by atoms with Crippen molar-refractivity contribution in [3.63, 3.8) is 0 Å². The van der Waals surface area contributed by atoms with Crippen LogP contribution in [0.1, 0.15) is 0 Å². The third-order valence-electron chi connectivity index (χ3n) is 1.22. The van der Waals surface area contributed by atoms with E-state index in [0.29, 0.717) is 8.13 Å². The van der Waals surface area contributed by atoms with Gasteiger partial charge in [-0.25, -0.2) is 0 Å². The second-order valence-corrected chi connectivity index (χ2v) is 22.4. The second kappa shape index (κ2) is 11.6. The highest BCUT2D eigenvalue weighted by Crippen LogP contribution is 2.19. The lowest BCUT2D eigenvalue weighted by molar-refractivity contribution is 0.395. The minimum absolute atomic E-state index is 0.440. The highest BCUT2D eigenvalue weighted by molar-refractivity contribution is 7.67. The molecule has 4 nitrogen and oxygen atoms in total. The summed E-state index contributed by atoms with van der Waals surface area (Å²) in [6, 6.07) is 0. The first kappa shape index (κ1) is 25.0. The Balaban J connectivity index is -0.000000361. The van der Waals surface area contributed by atoms with Gasteiger partial charge in [0.05, 0.1) is 0 Å². The molecule has 0 amide bonds. The third kappa shape index (κ3) is 28.0. The average molecular weight is 361 g/mol. The van der Waals surface area contributed by atoms with E-state index in [-0.39, 0.29) is 0 Å². The summed E-state index contributed by atoms with van der Waals surface area (Å²) in [5.41, 5.74) is 0. The molecule has 0 spiro atoms. The monoisotopic (exact) mass is 360 g/mol. The molecule has 0 saturated carbocycles. The van der Waals surface area contributed by atoms with Crippen LogP contribution in [0.4, 0.5) is 0 Å². The molecule has 0 aliphatic carbocycles. The van der Waals surface area contributed by atoms with Crippen molar-refractivity contribution in [3.8, 4) is 0 Å². The van der Waals surface area contributed by atoms with E-state index in [2.05, 4.69) is 52.4 Å². The van der Waals surface area contributed by atoms with Gasteiger partial charge in [-0.3, -0.25) is 0 Å². The maximum atomic E-state index is 9.39. The van der Waals surface area contributed by atoms with Crippen LogP contribution in [0.15, 0.2) is 0 Å². The van der Waals surface area contributed by atoms with Gasteiger partial charge in [-0.15, -0.1) is 0 Å². The Morgan fingerprint density at radius 3 is 1.16 bits per heavy atom. The molecule has 0 radical (unpaired) electrons. The largest absolute Gasteiger partial charge is 0.437 e. The Bertz CT molecular complexity index is 209. The minimum atomic E-state index is -1.85. The van der Waals surface area contributed by atoms with Crippen molar-refractivity contribution < 1.29 is 17.8 Å². The molecule has 0 rings (SSSR count). The van der Waals surface area contributed by atoms with Gasteiger partial charge in [-0.2, -0.15) is 0 Å². The third-order valence-corrected chi connectivity index (χ3v) is 11.0. The van der Waals surface area contributed by atoms with E-state index in [1.807, 2.05) is 6.66 Å². The van der Waals surface area contributed by atoms with Gasteiger partial charge < -0.3 is 17.8 Å². The lowest BCUT2D eigenvalue weighted by atomic mass is 11.8. The average Bonchev–Trinajstić information content (AvgIpc) is 2.13. The highest BCUT2D eigenvalue weighted by Gasteiger charge is 2.35. The fourth-order valence-electron chi connectivity index (χ4n) is 1.50. The van der Waals surface area contributed by atoms with Gasteiger partial charge in [0.1, 0.15) is 0 Å². The lowest BCUT2D eigenvalue weighted by Gasteiger charge is -2.35. The summed E-state index contributed by atoms with van der Waals surface area (Å²) in [6.07, 6.45) is 0. The summed E-state index contributed by atoms with van der Waals surface area (Å²) in [5.74, 6) is 0. The van der Waals surface area contributed by atoms with Crippen LogP contribution in [-0.4, -0.2) is 53.2 Å². The van der Waals surface area contributed by atoms with Crippen LogP contribution in [0.2, 0.25) is 52.4 Å². The molecular formula is C10H33O4PSi4. The molecule has 1 unspecified atom stereocenters. The number of aliphatic hydroxyl groups excluding tert-OH is 1. The lowest BCUT2D eigenvalue weighted by Crippen LogP contribution is -2.50. The second-order valence-electron chi connectivity index (χ2n) is 6.24. The quantitative estimate of drug-likeness (QED) is 0.605. The smallest absolute Gasteiger partial charge is 0.311 e. The van der Waals surface area contributed by atoms with Gasteiger partial charge >= 0.3 is 8.56 Å². The SMILES string of the molecule is CO.CP[SiH]=O.C[Si](C)(C)O[Si](C)(C)O[Si](C)(C)C. The molecule has 1 N–H and O–H groups in total. The Morgan fingerprint density at radius 1 is 0.842 bits per heavy atom. The van der Waals surface area contributed by atoms with Crippen molar-refractivity contribution in [2.45, 2.75) is 52.4 Å². The Morgan fingerprint density at radius 2 is 1.05 bits per heavy atom. The van der Waals surface area contributed by atoms with E-state index >= 15 is 0 Å². The maximum Gasteiger partial charge on any atom is 0.311 e. The fourth-order valence-corrected chi connectivity index (χ4v) is 13.8. The van der Waals surface area contributed by atoms with E-state index in [9.17, 15) is 4.46 Å². The van der Waals surface area contributed by atoms with E-state index in [1.165, 1.54) is 0 Å². The van der Waals surface area contributed by atoms with E-state index in [0.717, 1.165) is 7.11 Å². The van der Waals surface area contributed by atoms with Crippen LogP contribution in [0, 0.1) is 0 Å². The molecule has 0 saturated heterocycles. The zero-order chi connectivity index (χ0) is 16.3. The van der Waals surface area contributed by atoms with Crippen LogP contribution in [-0.2, 0) is 12.7 Å². The van der Waals surface area contributed by atoms with Crippen molar-refractivity contribution >= 4 is 42.4 Å². The van der Waals surface area contributed by atoms with Crippen molar-refractivity contribution in [3.05, 3.63) is 0 Å². The van der Waals surface area contributed by atoms with Gasteiger partial charge in [-0.05, 0) is 59.0 Å². The molecule has 19 heavy (non-hydrogen) atoms. The van der Waals surface area contributed by atoms with Gasteiger partial charge in [0.15, 0.2) is 16.6 Å². The highest BCUT2D eigenvalue weighted by atomic mass is 31.3. The van der Waals surface area contributed by atoms with Crippen LogP contribution in [0.5, 0.6) is 0 Å². The van der Waals surface area contributed by atoms with Gasteiger partial charge in [0.25, 0.3) is 9.07 Å². The molecule has 0 aliphatic heterocycles. The predicted molar refractivity (Wildman–Crippen MR) is 96.6 cm³/mol. The van der Waals surface area contributed by atoms with Crippen molar-refractivity contribution in [1.82, 2.24) is 0 Å². The Kier molecular flexibility index (Phi) is 15.3.